The molecule has 0 saturated heterocycles. The van der Waals surface area contributed by atoms with Gasteiger partial charge in [0.1, 0.15) is 6.61 Å². The third kappa shape index (κ3) is 22.9. The third-order valence-electron chi connectivity index (χ3n) is 0.685. The van der Waals surface area contributed by atoms with Crippen LogP contribution in [0.2, 0.25) is 0 Å². The summed E-state index contributed by atoms with van der Waals surface area (Å²) in [5.74, 6) is -0.369. The summed E-state index contributed by atoms with van der Waals surface area (Å²) >= 11 is 15.9. The van der Waals surface area contributed by atoms with Gasteiger partial charge in [-0.2, -0.15) is 0 Å². The highest BCUT2D eigenvalue weighted by Gasteiger charge is 2.21. The molecule has 0 aliphatic rings. The molecule has 0 aliphatic carbocycles. The second kappa shape index (κ2) is 8.77. The fraction of sp³-hybridized carbons (Fsp3) is 0.800. The second-order valence-electron chi connectivity index (χ2n) is 1.91. The number of hydrogen-bond donors (Lipinski definition) is 2. The highest BCUT2D eigenvalue weighted by Crippen LogP contribution is 2.25. The van der Waals surface area contributed by atoms with Crippen molar-refractivity contribution in [3.63, 3.8) is 0 Å². The van der Waals surface area contributed by atoms with Gasteiger partial charge in [-0.15, -0.1) is 0 Å². The van der Waals surface area contributed by atoms with Crippen LogP contribution in [0.5, 0.6) is 0 Å². The molecule has 0 spiro atoms. The zero-order chi connectivity index (χ0) is 11.8. The normalized spacial score (nSPS) is 10.5. The molecule has 0 saturated carbocycles. The Bertz CT molecular complexity index is 188. The molecule has 0 rings (SSSR count). The van der Waals surface area contributed by atoms with Gasteiger partial charge in [0.2, 0.25) is 3.79 Å². The van der Waals surface area contributed by atoms with Gasteiger partial charge in [0.05, 0.1) is 0 Å². The Morgan fingerprint density at radius 3 is 2.00 bits per heavy atom. The number of halogens is 3. The van der Waals surface area contributed by atoms with Crippen LogP contribution in [0.4, 0.5) is 0 Å². The molecule has 0 unspecified atom stereocenters. The summed E-state index contributed by atoms with van der Waals surface area (Å²) in [5.41, 5.74) is 0. The van der Waals surface area contributed by atoms with Crippen molar-refractivity contribution in [3.05, 3.63) is 0 Å². The molecule has 0 radical (unpaired) electrons. The molecule has 14 heavy (non-hydrogen) atoms. The van der Waals surface area contributed by atoms with E-state index in [1.807, 2.05) is 0 Å². The van der Waals surface area contributed by atoms with Gasteiger partial charge in [-0.3, -0.25) is 9.36 Å². The fourth-order valence-electron chi connectivity index (χ4n) is 0.264. The van der Waals surface area contributed by atoms with Crippen LogP contribution < -0.4 is 0 Å². The Balaban J connectivity index is 0. The maximum Gasteiger partial charge on any atom is 0.314 e. The van der Waals surface area contributed by atoms with Gasteiger partial charge in [-0.1, -0.05) is 41.7 Å². The predicted molar refractivity (Wildman–Crippen MR) is 55.0 cm³/mol. The van der Waals surface area contributed by atoms with Crippen LogP contribution in [-0.4, -0.2) is 26.2 Å². The molecule has 0 aromatic rings. The van der Waals surface area contributed by atoms with E-state index in [9.17, 15) is 4.79 Å². The molecule has 0 atom stereocenters. The van der Waals surface area contributed by atoms with Gasteiger partial charge in [0.25, 0.3) is 0 Å². The van der Waals surface area contributed by atoms with E-state index in [-0.39, 0.29) is 12.6 Å². The van der Waals surface area contributed by atoms with Crippen LogP contribution in [0.25, 0.3) is 0 Å². The number of carbonyl (C=O) groups is 1. The summed E-state index contributed by atoms with van der Waals surface area (Å²) in [5, 5.41) is 0. The summed E-state index contributed by atoms with van der Waals surface area (Å²) in [6.07, 6.45) is 0.292. The quantitative estimate of drug-likeness (QED) is 0.458. The van der Waals surface area contributed by atoms with Crippen LogP contribution in [0, 0.1) is 0 Å². The lowest BCUT2D eigenvalue weighted by atomic mass is 10.5. The monoisotopic (exact) mass is 286 g/mol. The maximum atomic E-state index is 10.5. The average molecular weight is 287 g/mol. The fourth-order valence-corrected chi connectivity index (χ4v) is 0.428. The van der Waals surface area contributed by atoms with Crippen molar-refractivity contribution in [1.82, 2.24) is 0 Å². The number of esters is 1. The van der Waals surface area contributed by atoms with Gasteiger partial charge < -0.3 is 14.5 Å². The number of carbonyl (C=O) groups excluding carboxylic acids is 1. The van der Waals surface area contributed by atoms with Crippen LogP contribution in [0.3, 0.4) is 0 Å². The summed E-state index contributed by atoms with van der Waals surface area (Å²) in [4.78, 5) is 24.8. The number of hydrogen-bond acceptors (Lipinski definition) is 3. The van der Waals surface area contributed by atoms with Crippen LogP contribution in [0.1, 0.15) is 13.3 Å². The zero-order valence-electron chi connectivity index (χ0n) is 7.17. The highest BCUT2D eigenvalue weighted by atomic mass is 35.6. The van der Waals surface area contributed by atoms with Crippen molar-refractivity contribution < 1.29 is 23.9 Å². The Morgan fingerprint density at radius 2 is 1.79 bits per heavy atom. The molecule has 0 aliphatic heterocycles. The Morgan fingerprint density at radius 1 is 1.43 bits per heavy atom. The van der Waals surface area contributed by atoms with E-state index in [0.717, 1.165) is 0 Å². The molecule has 5 nitrogen and oxygen atoms in total. The first kappa shape index (κ1) is 16.9. The van der Waals surface area contributed by atoms with Gasteiger partial charge in [-0.05, 0) is 0 Å². The summed E-state index contributed by atoms with van der Waals surface area (Å²) in [6, 6.07) is 0. The number of alkyl halides is 3. The van der Waals surface area contributed by atoms with E-state index in [1.54, 1.807) is 6.92 Å². The van der Waals surface area contributed by atoms with E-state index >= 15 is 0 Å². The van der Waals surface area contributed by atoms with E-state index < -0.39 is 12.0 Å². The van der Waals surface area contributed by atoms with Crippen molar-refractivity contribution in [1.29, 1.82) is 0 Å². The van der Waals surface area contributed by atoms with E-state index in [2.05, 4.69) is 4.74 Å². The van der Waals surface area contributed by atoms with Crippen LogP contribution in [-0.2, 0) is 14.1 Å². The molecular formula is C5H10Cl3O5P. The molecule has 0 bridgehead atoms. The van der Waals surface area contributed by atoms with Crippen molar-refractivity contribution in [3.8, 4) is 0 Å². The van der Waals surface area contributed by atoms with Gasteiger partial charge in [-0.25, -0.2) is 0 Å². The first-order valence-corrected chi connectivity index (χ1v) is 5.77. The summed E-state index contributed by atoms with van der Waals surface area (Å²) in [7, 11) is -3.13. The minimum absolute atomic E-state index is 0.190. The zero-order valence-corrected chi connectivity index (χ0v) is 10.4. The SMILES string of the molecule is CCC(=O)OCC(Cl)(Cl)Cl.O=[PH](O)O. The van der Waals surface area contributed by atoms with Crippen molar-refractivity contribution in [2.45, 2.75) is 17.1 Å². The Kier molecular flexibility index (Phi) is 10.6. The molecule has 2 N–H and O–H groups in total. The average Bonchev–Trinajstić information content (AvgIpc) is 1.97. The lowest BCUT2D eigenvalue weighted by Crippen LogP contribution is -2.16. The Hall–Kier alpha value is 0.490. The molecule has 9 heteroatoms. The van der Waals surface area contributed by atoms with Crippen molar-refractivity contribution in [2.24, 2.45) is 0 Å². The van der Waals surface area contributed by atoms with Crippen molar-refractivity contribution in [2.75, 3.05) is 6.61 Å². The Labute approximate surface area is 96.9 Å². The molecule has 0 amide bonds. The first-order valence-electron chi connectivity index (χ1n) is 3.33. The first-order chi connectivity index (χ1) is 6.19. The molecule has 0 heterocycles. The number of rotatable bonds is 2. The summed E-state index contributed by atoms with van der Waals surface area (Å²) in [6.45, 7) is 1.48. The highest BCUT2D eigenvalue weighted by molar-refractivity contribution is 7.30. The topological polar surface area (TPSA) is 83.8 Å². The smallest absolute Gasteiger partial charge is 0.314 e. The van der Waals surface area contributed by atoms with E-state index in [1.165, 1.54) is 0 Å². The van der Waals surface area contributed by atoms with Crippen LogP contribution in [0.15, 0.2) is 0 Å². The minimum Gasteiger partial charge on any atom is -0.461 e. The summed E-state index contributed by atoms with van der Waals surface area (Å²) < 4.78 is 11.8. The molecule has 86 valence electrons. The lowest BCUT2D eigenvalue weighted by Gasteiger charge is -2.09. The van der Waals surface area contributed by atoms with E-state index in [4.69, 9.17) is 49.2 Å². The number of ether oxygens (including phenoxy) is 1. The minimum atomic E-state index is -3.13. The van der Waals surface area contributed by atoms with Gasteiger partial charge in [0.15, 0.2) is 0 Å². The molecule has 0 fully saturated rings. The van der Waals surface area contributed by atoms with Crippen LogP contribution >= 0.6 is 43.1 Å². The van der Waals surface area contributed by atoms with Crippen molar-refractivity contribution >= 4 is 49.0 Å². The predicted octanol–water partition coefficient (Wildman–Crippen LogP) is 1.67. The largest absolute Gasteiger partial charge is 0.461 e. The molecule has 0 aromatic heterocycles. The third-order valence-corrected chi connectivity index (χ3v) is 1.01. The maximum absolute atomic E-state index is 10.5. The second-order valence-corrected chi connectivity index (χ2v) is 4.99. The van der Waals surface area contributed by atoms with E-state index in [0.29, 0.717) is 6.42 Å². The lowest BCUT2D eigenvalue weighted by molar-refractivity contribution is -0.143. The van der Waals surface area contributed by atoms with Gasteiger partial charge >= 0.3 is 14.2 Å². The standard InChI is InChI=1S/C5H7Cl3O2.H3O3P/c1-2-4(9)10-3-5(6,7)8;1-4(2)3/h2-3H2,1H3;4H,(H2,1,2,3). The molecular weight excluding hydrogens is 277 g/mol. The van der Waals surface area contributed by atoms with Gasteiger partial charge in [0, 0.05) is 6.42 Å². The molecule has 0 aromatic carbocycles.